The summed E-state index contributed by atoms with van der Waals surface area (Å²) in [6.07, 6.45) is 5.56. The fraction of sp³-hybridized carbons (Fsp3) is 0.370. The lowest BCUT2D eigenvalue weighted by Crippen LogP contribution is -2.31. The number of amides is 1. The Morgan fingerprint density at radius 3 is 2.61 bits per heavy atom. The van der Waals surface area contributed by atoms with Crippen molar-refractivity contribution in [1.82, 2.24) is 20.0 Å². The van der Waals surface area contributed by atoms with Gasteiger partial charge in [0.1, 0.15) is 17.3 Å². The molecule has 1 aromatic heterocycles. The maximum absolute atomic E-state index is 15.2. The maximum atomic E-state index is 15.2. The van der Waals surface area contributed by atoms with Gasteiger partial charge in [0.25, 0.3) is 5.91 Å². The normalized spacial score (nSPS) is 18.9. The van der Waals surface area contributed by atoms with Gasteiger partial charge in [-0.1, -0.05) is 0 Å². The summed E-state index contributed by atoms with van der Waals surface area (Å²) in [6.45, 7) is 5.05. The highest BCUT2D eigenvalue weighted by atomic mass is 19.1. The zero-order valence-corrected chi connectivity index (χ0v) is 20.5. The van der Waals surface area contributed by atoms with Gasteiger partial charge in [0.15, 0.2) is 0 Å². The summed E-state index contributed by atoms with van der Waals surface area (Å²) in [6, 6.07) is 9.19. The Morgan fingerprint density at radius 1 is 1.19 bits per heavy atom. The second kappa shape index (κ2) is 10.3. The molecule has 1 unspecified atom stereocenters. The molecule has 2 N–H and O–H groups in total. The van der Waals surface area contributed by atoms with Gasteiger partial charge in [-0.3, -0.25) is 14.5 Å². The molecule has 1 atom stereocenters. The number of hydrogen-bond acceptors (Lipinski definition) is 5. The van der Waals surface area contributed by atoms with E-state index in [4.69, 9.17) is 0 Å². The molecule has 2 aliphatic rings. The quantitative estimate of drug-likeness (QED) is 0.388. The summed E-state index contributed by atoms with van der Waals surface area (Å²) >= 11 is 0. The van der Waals surface area contributed by atoms with Crippen molar-refractivity contribution < 1.29 is 13.6 Å². The first kappa shape index (κ1) is 24.3. The molecule has 9 heteroatoms. The third-order valence-corrected chi connectivity index (χ3v) is 6.82. The van der Waals surface area contributed by atoms with E-state index in [2.05, 4.69) is 32.7 Å². The van der Waals surface area contributed by atoms with Crippen LogP contribution in [0.15, 0.2) is 53.8 Å². The van der Waals surface area contributed by atoms with E-state index in [0.29, 0.717) is 34.5 Å². The fourth-order valence-corrected chi connectivity index (χ4v) is 4.50. The first-order valence-corrected chi connectivity index (χ1v) is 12.3. The van der Waals surface area contributed by atoms with Crippen LogP contribution in [0.1, 0.15) is 30.0 Å². The number of likely N-dealkylation sites (tertiary alicyclic amines) is 1. The van der Waals surface area contributed by atoms with Crippen molar-refractivity contribution in [1.29, 1.82) is 0 Å². The van der Waals surface area contributed by atoms with E-state index in [1.54, 1.807) is 19.2 Å². The van der Waals surface area contributed by atoms with E-state index in [1.807, 2.05) is 10.9 Å². The molecular weight excluding hydrogens is 462 g/mol. The second-order valence-corrected chi connectivity index (χ2v) is 9.65. The van der Waals surface area contributed by atoms with Crippen LogP contribution < -0.4 is 10.6 Å². The Hall–Kier alpha value is -3.43. The number of piperidine rings is 1. The lowest BCUT2D eigenvalue weighted by Gasteiger charge is -2.28. The van der Waals surface area contributed by atoms with Gasteiger partial charge in [-0.05, 0) is 81.9 Å². The van der Waals surface area contributed by atoms with Crippen LogP contribution in [0.2, 0.25) is 0 Å². The van der Waals surface area contributed by atoms with Gasteiger partial charge >= 0.3 is 0 Å². The number of halogens is 2. The number of rotatable bonds is 7. The van der Waals surface area contributed by atoms with Gasteiger partial charge in [0.05, 0.1) is 18.8 Å². The summed E-state index contributed by atoms with van der Waals surface area (Å²) in [5.41, 5.74) is 2.87. The average molecular weight is 493 g/mol. The van der Waals surface area contributed by atoms with Crippen molar-refractivity contribution in [3.8, 4) is 11.1 Å². The lowest BCUT2D eigenvalue weighted by molar-refractivity contribution is -0.110. The number of aryl methyl sites for hydroxylation is 1. The van der Waals surface area contributed by atoms with E-state index < -0.39 is 5.91 Å². The van der Waals surface area contributed by atoms with Gasteiger partial charge in [-0.25, -0.2) is 8.78 Å². The average Bonchev–Trinajstić information content (AvgIpc) is 3.56. The molecule has 188 valence electrons. The second-order valence-electron chi connectivity index (χ2n) is 9.65. The Kier molecular flexibility index (Phi) is 6.93. The van der Waals surface area contributed by atoms with Gasteiger partial charge < -0.3 is 15.5 Å². The van der Waals surface area contributed by atoms with Crippen molar-refractivity contribution in [3.63, 3.8) is 0 Å². The van der Waals surface area contributed by atoms with Crippen LogP contribution in [0.3, 0.4) is 0 Å². The standard InChI is InChI=1S/C27H30F2N6O/c1-17-11-25(29)24(18-13-32-35(16-18)22-7-9-34(2)10-8-22)12-23(17)26(31-15-21-14-30-21)27(36)33-20-5-3-19(28)4-6-20/h3-6,11-13,16,21-22,30H,7-10,14-15H2,1-2H3,(H,33,36). The number of nitrogens with one attached hydrogen (secondary N) is 2. The van der Waals surface area contributed by atoms with Gasteiger partial charge in [-0.15, -0.1) is 0 Å². The first-order valence-electron chi connectivity index (χ1n) is 12.3. The Bertz CT molecular complexity index is 1270. The van der Waals surface area contributed by atoms with E-state index in [9.17, 15) is 9.18 Å². The molecule has 0 bridgehead atoms. The number of benzene rings is 2. The molecule has 2 saturated heterocycles. The molecular formula is C27H30F2N6O. The van der Waals surface area contributed by atoms with Crippen LogP contribution in [-0.2, 0) is 4.79 Å². The lowest BCUT2D eigenvalue weighted by atomic mass is 9.97. The molecule has 3 aromatic rings. The smallest absolute Gasteiger partial charge is 0.274 e. The molecule has 36 heavy (non-hydrogen) atoms. The molecule has 0 radical (unpaired) electrons. The largest absolute Gasteiger partial charge is 0.321 e. The Balaban J connectivity index is 1.45. The topological polar surface area (TPSA) is 84.5 Å². The number of anilines is 1. The molecule has 0 saturated carbocycles. The zero-order valence-electron chi connectivity index (χ0n) is 20.5. The number of hydrogen-bond donors (Lipinski definition) is 2. The van der Waals surface area contributed by atoms with Crippen LogP contribution >= 0.6 is 0 Å². The van der Waals surface area contributed by atoms with Crippen LogP contribution in [0.4, 0.5) is 14.5 Å². The predicted molar refractivity (Wildman–Crippen MR) is 136 cm³/mol. The van der Waals surface area contributed by atoms with Gasteiger partial charge in [0.2, 0.25) is 0 Å². The molecule has 2 aliphatic heterocycles. The molecule has 2 fully saturated rings. The highest BCUT2D eigenvalue weighted by Crippen LogP contribution is 2.29. The summed E-state index contributed by atoms with van der Waals surface area (Å²) in [7, 11) is 2.11. The number of carbonyl (C=O) groups is 1. The minimum Gasteiger partial charge on any atom is -0.321 e. The van der Waals surface area contributed by atoms with Crippen LogP contribution in [-0.4, -0.2) is 65.6 Å². The van der Waals surface area contributed by atoms with Crippen molar-refractivity contribution >= 4 is 17.3 Å². The van der Waals surface area contributed by atoms with Gasteiger partial charge in [0, 0.05) is 41.2 Å². The van der Waals surface area contributed by atoms with Crippen molar-refractivity contribution in [2.45, 2.75) is 31.8 Å². The number of aromatic nitrogens is 2. The predicted octanol–water partition coefficient (Wildman–Crippen LogP) is 3.80. The third kappa shape index (κ3) is 5.52. The van der Waals surface area contributed by atoms with Crippen molar-refractivity contribution in [2.75, 3.05) is 38.5 Å². The molecule has 3 heterocycles. The fourth-order valence-electron chi connectivity index (χ4n) is 4.50. The summed E-state index contributed by atoms with van der Waals surface area (Å²) in [5.74, 6) is -1.19. The minimum atomic E-state index is -0.426. The molecule has 5 rings (SSSR count). The molecule has 2 aromatic carbocycles. The number of carbonyl (C=O) groups excluding carboxylic acids is 1. The summed E-state index contributed by atoms with van der Waals surface area (Å²) in [4.78, 5) is 20.2. The van der Waals surface area contributed by atoms with Crippen LogP contribution in [0.25, 0.3) is 11.1 Å². The van der Waals surface area contributed by atoms with E-state index >= 15 is 4.39 Å². The van der Waals surface area contributed by atoms with Crippen LogP contribution in [0, 0.1) is 18.6 Å². The summed E-state index contributed by atoms with van der Waals surface area (Å²) < 4.78 is 30.4. The number of nitrogens with zero attached hydrogens (tertiary/aromatic N) is 4. The zero-order chi connectivity index (χ0) is 25.2. The third-order valence-electron chi connectivity index (χ3n) is 6.82. The number of aliphatic imine (C=N–C) groups is 1. The van der Waals surface area contributed by atoms with Crippen molar-refractivity contribution in [3.05, 3.63) is 71.6 Å². The monoisotopic (exact) mass is 492 g/mol. The molecule has 0 aliphatic carbocycles. The van der Waals surface area contributed by atoms with E-state index in [-0.39, 0.29) is 29.4 Å². The SMILES string of the molecule is Cc1cc(F)c(-c2cnn(C3CCN(C)CC3)c2)cc1C(=NCC1CN1)C(=O)Nc1ccc(F)cc1. The first-order chi connectivity index (χ1) is 17.4. The minimum absolute atomic E-state index is 0.217. The highest BCUT2D eigenvalue weighted by Gasteiger charge is 2.24. The summed E-state index contributed by atoms with van der Waals surface area (Å²) in [5, 5.41) is 10.5. The van der Waals surface area contributed by atoms with E-state index in [1.165, 1.54) is 30.3 Å². The van der Waals surface area contributed by atoms with Crippen molar-refractivity contribution in [2.24, 2.45) is 4.99 Å². The molecule has 0 spiro atoms. The Labute approximate surface area is 209 Å². The molecule has 7 nitrogen and oxygen atoms in total. The van der Waals surface area contributed by atoms with E-state index in [0.717, 1.165) is 32.5 Å². The van der Waals surface area contributed by atoms with Gasteiger partial charge in [-0.2, -0.15) is 5.10 Å². The maximum Gasteiger partial charge on any atom is 0.274 e. The Morgan fingerprint density at radius 2 is 1.92 bits per heavy atom. The highest BCUT2D eigenvalue weighted by molar-refractivity contribution is 6.49. The molecule has 1 amide bonds. The van der Waals surface area contributed by atoms with Crippen LogP contribution in [0.5, 0.6) is 0 Å².